The number of thiazole rings is 1. The molecule has 3 aromatic rings. The lowest BCUT2D eigenvalue weighted by Crippen LogP contribution is -2.55. The number of aromatic nitrogens is 2. The monoisotopic (exact) mass is 408 g/mol. The smallest absolute Gasteiger partial charge is 0.362 e. The van der Waals surface area contributed by atoms with E-state index >= 15 is 0 Å². The van der Waals surface area contributed by atoms with Gasteiger partial charge in [0.2, 0.25) is 5.13 Å². The van der Waals surface area contributed by atoms with E-state index in [0.29, 0.717) is 16.3 Å². The first-order chi connectivity index (χ1) is 13.3. The van der Waals surface area contributed by atoms with E-state index in [2.05, 4.69) is 15.1 Å². The lowest BCUT2D eigenvalue weighted by Gasteiger charge is -2.32. The van der Waals surface area contributed by atoms with Crippen LogP contribution in [0.5, 0.6) is 0 Å². The van der Waals surface area contributed by atoms with Gasteiger partial charge in [0.05, 0.1) is 23.5 Å². The Morgan fingerprint density at radius 1 is 1.07 bits per heavy atom. The molecule has 0 spiro atoms. The fourth-order valence-corrected chi connectivity index (χ4v) is 3.61. The van der Waals surface area contributed by atoms with Gasteiger partial charge in [-0.1, -0.05) is 6.07 Å². The van der Waals surface area contributed by atoms with E-state index in [1.54, 1.807) is 12.1 Å². The maximum Gasteiger partial charge on any atom is 0.438 e. The number of alkyl halides is 3. The number of rotatable bonds is 3. The minimum atomic E-state index is -4.98. The van der Waals surface area contributed by atoms with Crippen LogP contribution in [0.2, 0.25) is 0 Å². The first kappa shape index (κ1) is 18.5. The molecule has 0 unspecified atom stereocenters. The number of nitrogens with zero attached hydrogens (tertiary/aromatic N) is 4. The Morgan fingerprint density at radius 2 is 1.82 bits per heavy atom. The zero-order chi connectivity index (χ0) is 19.9. The molecule has 144 valence electrons. The zero-order valence-electron chi connectivity index (χ0n) is 14.1. The molecule has 0 amide bonds. The molecule has 10 heteroatoms. The van der Waals surface area contributed by atoms with Crippen molar-refractivity contribution in [3.8, 4) is 11.3 Å². The van der Waals surface area contributed by atoms with Crippen LogP contribution in [0.15, 0.2) is 59.1 Å². The van der Waals surface area contributed by atoms with E-state index < -0.39 is 24.1 Å². The lowest BCUT2D eigenvalue weighted by molar-refractivity contribution is -0.254. The molecule has 3 heterocycles. The summed E-state index contributed by atoms with van der Waals surface area (Å²) in [6, 6.07) is 10.2. The third-order valence-corrected chi connectivity index (χ3v) is 5.03. The Bertz CT molecular complexity index is 1020. The Labute approximate surface area is 160 Å². The predicted octanol–water partition coefficient (Wildman–Crippen LogP) is 4.21. The highest BCUT2D eigenvalue weighted by atomic mass is 32.1. The Kier molecular flexibility index (Phi) is 4.39. The summed E-state index contributed by atoms with van der Waals surface area (Å²) in [5.74, 6) is -0.435. The van der Waals surface area contributed by atoms with Crippen LogP contribution in [0.25, 0.3) is 11.3 Å². The van der Waals surface area contributed by atoms with Gasteiger partial charge in [-0.25, -0.2) is 9.37 Å². The van der Waals surface area contributed by atoms with Crippen LogP contribution in [0, 0.1) is 5.82 Å². The van der Waals surface area contributed by atoms with E-state index in [-0.39, 0.29) is 16.5 Å². The molecular formula is C18H12F4N4OS. The highest BCUT2D eigenvalue weighted by Gasteiger charge is 2.62. The van der Waals surface area contributed by atoms with Crippen molar-refractivity contribution < 1.29 is 22.7 Å². The summed E-state index contributed by atoms with van der Waals surface area (Å²) in [5, 5.41) is 16.3. The molecule has 0 aliphatic carbocycles. The number of pyridine rings is 1. The number of halogens is 4. The second kappa shape index (κ2) is 6.64. The highest BCUT2D eigenvalue weighted by molar-refractivity contribution is 7.14. The second-order valence-electron chi connectivity index (χ2n) is 6.09. The molecule has 4 rings (SSSR count). The second-order valence-corrected chi connectivity index (χ2v) is 6.92. The number of hydrogen-bond donors (Lipinski definition) is 1. The lowest BCUT2D eigenvalue weighted by atomic mass is 10.0. The summed E-state index contributed by atoms with van der Waals surface area (Å²) in [6.07, 6.45) is -4.32. The van der Waals surface area contributed by atoms with Crippen LogP contribution in [0.4, 0.5) is 22.7 Å². The van der Waals surface area contributed by atoms with Gasteiger partial charge in [-0.15, -0.1) is 11.3 Å². The molecular weight excluding hydrogens is 396 g/mol. The van der Waals surface area contributed by atoms with Gasteiger partial charge in [0.25, 0.3) is 5.72 Å². The van der Waals surface area contributed by atoms with Gasteiger partial charge in [0.15, 0.2) is 0 Å². The minimum Gasteiger partial charge on any atom is -0.362 e. The van der Waals surface area contributed by atoms with Crippen molar-refractivity contribution in [2.24, 2.45) is 5.10 Å². The molecule has 1 aromatic carbocycles. The SMILES string of the molecule is O[C@@]1(C(F)(F)F)CC(c2ccccn2)=NN1c1nc(-c2ccc(F)cc2)cs1. The van der Waals surface area contributed by atoms with Crippen molar-refractivity contribution in [3.63, 3.8) is 0 Å². The number of anilines is 1. The number of hydrogen-bond acceptors (Lipinski definition) is 6. The molecule has 2 aromatic heterocycles. The molecule has 28 heavy (non-hydrogen) atoms. The normalized spacial score (nSPS) is 19.8. The van der Waals surface area contributed by atoms with Crippen LogP contribution in [0.3, 0.4) is 0 Å². The van der Waals surface area contributed by atoms with E-state index in [4.69, 9.17) is 0 Å². The van der Waals surface area contributed by atoms with Crippen molar-refractivity contribution in [1.82, 2.24) is 9.97 Å². The Balaban J connectivity index is 1.75. The first-order valence-corrected chi connectivity index (χ1v) is 8.95. The Hall–Kier alpha value is -2.85. The molecule has 0 radical (unpaired) electrons. The van der Waals surface area contributed by atoms with Crippen LogP contribution in [-0.2, 0) is 0 Å². The molecule has 0 saturated heterocycles. The fraction of sp³-hybridized carbons (Fsp3) is 0.167. The van der Waals surface area contributed by atoms with E-state index in [0.717, 1.165) is 11.3 Å². The van der Waals surface area contributed by atoms with Crippen molar-refractivity contribution >= 4 is 22.2 Å². The molecule has 0 saturated carbocycles. The topological polar surface area (TPSA) is 61.6 Å². The van der Waals surface area contributed by atoms with Crippen LogP contribution in [-0.4, -0.2) is 32.7 Å². The number of benzene rings is 1. The Morgan fingerprint density at radius 3 is 2.46 bits per heavy atom. The molecule has 0 fully saturated rings. The van der Waals surface area contributed by atoms with Gasteiger partial charge < -0.3 is 5.11 Å². The van der Waals surface area contributed by atoms with Crippen molar-refractivity contribution in [3.05, 3.63) is 65.6 Å². The maximum atomic E-state index is 13.7. The summed E-state index contributed by atoms with van der Waals surface area (Å²) in [6.45, 7) is 0. The fourth-order valence-electron chi connectivity index (χ4n) is 2.76. The third kappa shape index (κ3) is 3.14. The van der Waals surface area contributed by atoms with Crippen LogP contribution >= 0.6 is 11.3 Å². The first-order valence-electron chi connectivity index (χ1n) is 8.08. The van der Waals surface area contributed by atoms with E-state index in [1.165, 1.54) is 41.9 Å². The molecule has 1 atom stereocenters. The average molecular weight is 408 g/mol. The summed E-state index contributed by atoms with van der Waals surface area (Å²) in [5.41, 5.74) is -2.11. The standard InChI is InChI=1S/C18H12F4N4OS/c19-12-6-4-11(5-7-12)15-10-28-16(24-15)26-17(27,18(20,21)22)9-14(25-26)13-3-1-2-8-23-13/h1-8,10,27H,9H2/t17-/m1/s1. The summed E-state index contributed by atoms with van der Waals surface area (Å²) in [4.78, 5) is 8.17. The van der Waals surface area contributed by atoms with Crippen LogP contribution < -0.4 is 5.01 Å². The zero-order valence-corrected chi connectivity index (χ0v) is 14.9. The summed E-state index contributed by atoms with van der Waals surface area (Å²) < 4.78 is 54.2. The maximum absolute atomic E-state index is 13.7. The molecule has 1 aliphatic heterocycles. The molecule has 1 N–H and O–H groups in total. The van der Waals surface area contributed by atoms with Crippen molar-refractivity contribution in [2.75, 3.05) is 5.01 Å². The predicted molar refractivity (Wildman–Crippen MR) is 96.4 cm³/mol. The van der Waals surface area contributed by atoms with E-state index in [1.807, 2.05) is 0 Å². The third-order valence-electron chi connectivity index (χ3n) is 4.21. The van der Waals surface area contributed by atoms with Gasteiger partial charge >= 0.3 is 6.18 Å². The van der Waals surface area contributed by atoms with E-state index in [9.17, 15) is 22.7 Å². The molecule has 1 aliphatic rings. The summed E-state index contributed by atoms with van der Waals surface area (Å²) in [7, 11) is 0. The number of hydrazone groups is 1. The largest absolute Gasteiger partial charge is 0.438 e. The highest BCUT2D eigenvalue weighted by Crippen LogP contribution is 2.44. The van der Waals surface area contributed by atoms with Gasteiger partial charge in [-0.05, 0) is 36.4 Å². The van der Waals surface area contributed by atoms with Gasteiger partial charge in [-0.2, -0.15) is 23.3 Å². The minimum absolute atomic E-state index is 0.000966. The summed E-state index contributed by atoms with van der Waals surface area (Å²) >= 11 is 0.895. The molecule has 0 bridgehead atoms. The van der Waals surface area contributed by atoms with Gasteiger partial charge in [0.1, 0.15) is 5.82 Å². The van der Waals surface area contributed by atoms with Crippen LogP contribution in [0.1, 0.15) is 12.1 Å². The van der Waals surface area contributed by atoms with Crippen molar-refractivity contribution in [1.29, 1.82) is 0 Å². The quantitative estimate of drug-likeness (QED) is 0.660. The van der Waals surface area contributed by atoms with Gasteiger partial charge in [0, 0.05) is 17.1 Å². The number of aliphatic hydroxyl groups is 1. The average Bonchev–Trinajstić information content (AvgIpc) is 3.28. The van der Waals surface area contributed by atoms with Gasteiger partial charge in [-0.3, -0.25) is 4.98 Å². The van der Waals surface area contributed by atoms with Crippen molar-refractivity contribution in [2.45, 2.75) is 18.3 Å². The molecule has 5 nitrogen and oxygen atoms in total.